The Morgan fingerprint density at radius 2 is 1.35 bits per heavy atom. The van der Waals surface area contributed by atoms with E-state index in [1.807, 2.05) is 6.07 Å². The summed E-state index contributed by atoms with van der Waals surface area (Å²) >= 11 is 0. The number of para-hydroxylation sites is 2. The van der Waals surface area contributed by atoms with E-state index in [1.165, 1.54) is 5.56 Å². The quantitative estimate of drug-likeness (QED) is 0.666. The summed E-state index contributed by atoms with van der Waals surface area (Å²) in [7, 11) is 0. The van der Waals surface area contributed by atoms with Crippen molar-refractivity contribution in [2.24, 2.45) is 0 Å². The third-order valence-corrected chi connectivity index (χ3v) is 3.12. The van der Waals surface area contributed by atoms with E-state index in [0.717, 1.165) is 36.7 Å². The lowest BCUT2D eigenvalue weighted by Gasteiger charge is -2.13. The highest BCUT2D eigenvalue weighted by Crippen LogP contribution is 2.20. The lowest BCUT2D eigenvalue weighted by Crippen LogP contribution is -2.14. The molecular weight excluding hydrogens is 246 g/mol. The monoisotopic (exact) mass is 269 g/mol. The predicted molar refractivity (Wildman–Crippen MR) is 88.8 cm³/mol. The molecule has 0 aliphatic rings. The van der Waals surface area contributed by atoms with E-state index in [-0.39, 0.29) is 0 Å². The molecular formula is C17H23N3. The van der Waals surface area contributed by atoms with Crippen molar-refractivity contribution < 1.29 is 0 Å². The van der Waals surface area contributed by atoms with Crippen LogP contribution in [0.5, 0.6) is 0 Å². The molecule has 2 rings (SSSR count). The van der Waals surface area contributed by atoms with Gasteiger partial charge in [-0.1, -0.05) is 29.8 Å². The minimum Gasteiger partial charge on any atom is -0.384 e. The molecule has 0 spiro atoms. The van der Waals surface area contributed by atoms with Crippen LogP contribution in [0, 0.1) is 6.92 Å². The molecule has 0 fully saturated rings. The third kappa shape index (κ3) is 4.19. The number of aryl methyl sites for hydroxylation is 1. The number of anilines is 3. The second kappa shape index (κ2) is 7.43. The molecule has 3 N–H and O–H groups in total. The Labute approximate surface area is 121 Å². The van der Waals surface area contributed by atoms with Crippen molar-refractivity contribution in [1.82, 2.24) is 0 Å². The van der Waals surface area contributed by atoms with Crippen molar-refractivity contribution in [2.75, 3.05) is 35.6 Å². The number of rotatable bonds is 7. The van der Waals surface area contributed by atoms with Crippen molar-refractivity contribution in [1.29, 1.82) is 0 Å². The van der Waals surface area contributed by atoms with Crippen LogP contribution in [-0.2, 0) is 0 Å². The number of hydrogen-bond acceptors (Lipinski definition) is 3. The highest BCUT2D eigenvalue weighted by molar-refractivity contribution is 5.68. The summed E-state index contributed by atoms with van der Waals surface area (Å²) in [6.45, 7) is 6.92. The largest absolute Gasteiger partial charge is 0.384 e. The Kier molecular flexibility index (Phi) is 5.30. The van der Waals surface area contributed by atoms with Crippen LogP contribution < -0.4 is 16.0 Å². The van der Waals surface area contributed by atoms with Gasteiger partial charge in [-0.3, -0.25) is 0 Å². The van der Waals surface area contributed by atoms with Crippen LogP contribution in [0.3, 0.4) is 0 Å². The number of nitrogens with one attached hydrogen (secondary N) is 3. The van der Waals surface area contributed by atoms with Crippen molar-refractivity contribution in [3.63, 3.8) is 0 Å². The van der Waals surface area contributed by atoms with Crippen molar-refractivity contribution in [3.05, 3.63) is 54.1 Å². The van der Waals surface area contributed by atoms with E-state index < -0.39 is 0 Å². The zero-order valence-electron chi connectivity index (χ0n) is 12.2. The van der Waals surface area contributed by atoms with Crippen LogP contribution in [0.4, 0.5) is 17.1 Å². The molecule has 0 heterocycles. The van der Waals surface area contributed by atoms with E-state index in [2.05, 4.69) is 72.3 Å². The first-order valence-corrected chi connectivity index (χ1v) is 7.17. The minimum absolute atomic E-state index is 0.885. The molecule has 0 aliphatic heterocycles. The molecule has 0 saturated carbocycles. The van der Waals surface area contributed by atoms with E-state index in [1.54, 1.807) is 0 Å². The molecule has 0 bridgehead atoms. The summed E-state index contributed by atoms with van der Waals surface area (Å²) in [5, 5.41) is 10.2. The molecule has 106 valence electrons. The van der Waals surface area contributed by atoms with Crippen LogP contribution >= 0.6 is 0 Å². The van der Waals surface area contributed by atoms with Crippen LogP contribution in [-0.4, -0.2) is 19.6 Å². The average Bonchev–Trinajstić information content (AvgIpc) is 2.47. The highest BCUT2D eigenvalue weighted by Gasteiger charge is 1.98. The van der Waals surface area contributed by atoms with Gasteiger partial charge in [0, 0.05) is 25.3 Å². The van der Waals surface area contributed by atoms with E-state index in [9.17, 15) is 0 Å². The fraction of sp³-hybridized carbons (Fsp3) is 0.294. The molecule has 0 aromatic heterocycles. The SMILES string of the molecule is CCNc1ccccc1NCCNc1ccc(C)cc1. The number of benzene rings is 2. The normalized spacial score (nSPS) is 10.1. The van der Waals surface area contributed by atoms with Crippen LogP contribution in [0.25, 0.3) is 0 Å². The molecule has 3 heteroatoms. The molecule has 0 radical (unpaired) electrons. The molecule has 3 nitrogen and oxygen atoms in total. The van der Waals surface area contributed by atoms with Crippen molar-refractivity contribution in [2.45, 2.75) is 13.8 Å². The molecule has 0 atom stereocenters. The molecule has 2 aromatic rings. The molecule has 0 aliphatic carbocycles. The van der Waals surface area contributed by atoms with Gasteiger partial charge in [-0.05, 0) is 38.1 Å². The lowest BCUT2D eigenvalue weighted by molar-refractivity contribution is 1.08. The van der Waals surface area contributed by atoms with Crippen LogP contribution in [0.15, 0.2) is 48.5 Å². The summed E-state index contributed by atoms with van der Waals surface area (Å²) < 4.78 is 0. The maximum Gasteiger partial charge on any atom is 0.0576 e. The van der Waals surface area contributed by atoms with Gasteiger partial charge in [0.1, 0.15) is 0 Å². The van der Waals surface area contributed by atoms with Gasteiger partial charge in [0.05, 0.1) is 11.4 Å². The fourth-order valence-electron chi connectivity index (χ4n) is 2.06. The first kappa shape index (κ1) is 14.3. The third-order valence-electron chi connectivity index (χ3n) is 3.12. The van der Waals surface area contributed by atoms with E-state index >= 15 is 0 Å². The van der Waals surface area contributed by atoms with Gasteiger partial charge in [0.25, 0.3) is 0 Å². The Morgan fingerprint density at radius 3 is 2.00 bits per heavy atom. The maximum atomic E-state index is 3.45. The molecule has 2 aromatic carbocycles. The first-order chi connectivity index (χ1) is 9.79. The van der Waals surface area contributed by atoms with Gasteiger partial charge >= 0.3 is 0 Å². The molecule has 0 saturated heterocycles. The summed E-state index contributed by atoms with van der Waals surface area (Å²) in [5.41, 5.74) is 4.76. The van der Waals surface area contributed by atoms with E-state index in [0.29, 0.717) is 0 Å². The zero-order chi connectivity index (χ0) is 14.2. The Bertz CT molecular complexity index is 520. The standard InChI is InChI=1S/C17H23N3/c1-3-18-16-6-4-5-7-17(16)20-13-12-19-15-10-8-14(2)9-11-15/h4-11,18-20H,3,12-13H2,1-2H3. The van der Waals surface area contributed by atoms with Gasteiger partial charge in [0.2, 0.25) is 0 Å². The van der Waals surface area contributed by atoms with Gasteiger partial charge in [0.15, 0.2) is 0 Å². The summed E-state index contributed by atoms with van der Waals surface area (Å²) in [4.78, 5) is 0. The minimum atomic E-state index is 0.885. The topological polar surface area (TPSA) is 36.1 Å². The van der Waals surface area contributed by atoms with Crippen LogP contribution in [0.1, 0.15) is 12.5 Å². The first-order valence-electron chi connectivity index (χ1n) is 7.17. The van der Waals surface area contributed by atoms with E-state index in [4.69, 9.17) is 0 Å². The fourth-order valence-corrected chi connectivity index (χ4v) is 2.06. The smallest absolute Gasteiger partial charge is 0.0576 e. The molecule has 0 unspecified atom stereocenters. The maximum absolute atomic E-state index is 3.45. The van der Waals surface area contributed by atoms with Gasteiger partial charge < -0.3 is 16.0 Å². The second-order valence-electron chi connectivity index (χ2n) is 4.80. The Morgan fingerprint density at radius 1 is 0.750 bits per heavy atom. The second-order valence-corrected chi connectivity index (χ2v) is 4.80. The number of hydrogen-bond donors (Lipinski definition) is 3. The zero-order valence-corrected chi connectivity index (χ0v) is 12.2. The van der Waals surface area contributed by atoms with Gasteiger partial charge in [-0.2, -0.15) is 0 Å². The summed E-state index contributed by atoms with van der Waals surface area (Å²) in [6.07, 6.45) is 0. The summed E-state index contributed by atoms with van der Waals surface area (Å²) in [5.74, 6) is 0. The van der Waals surface area contributed by atoms with Gasteiger partial charge in [-0.25, -0.2) is 0 Å². The highest BCUT2D eigenvalue weighted by atomic mass is 15.0. The Balaban J connectivity index is 1.79. The molecule has 0 amide bonds. The Hall–Kier alpha value is -2.16. The lowest BCUT2D eigenvalue weighted by atomic mass is 10.2. The molecule has 20 heavy (non-hydrogen) atoms. The predicted octanol–water partition coefficient (Wildman–Crippen LogP) is 3.95. The average molecular weight is 269 g/mol. The van der Waals surface area contributed by atoms with Crippen molar-refractivity contribution >= 4 is 17.1 Å². The summed E-state index contributed by atoms with van der Waals surface area (Å²) in [6, 6.07) is 16.8. The van der Waals surface area contributed by atoms with Gasteiger partial charge in [-0.15, -0.1) is 0 Å². The van der Waals surface area contributed by atoms with Crippen LogP contribution in [0.2, 0.25) is 0 Å². The van der Waals surface area contributed by atoms with Crippen molar-refractivity contribution in [3.8, 4) is 0 Å².